The first-order chi connectivity index (χ1) is 13.5. The second-order valence-corrected chi connectivity index (χ2v) is 5.82. The molecule has 0 unspecified atom stereocenters. The van der Waals surface area contributed by atoms with E-state index in [4.69, 9.17) is 4.74 Å². The number of nitro benzene ring substituents is 1. The molecule has 0 N–H and O–H groups in total. The number of nitrogens with zero attached hydrogens (tertiary/aromatic N) is 1. The highest BCUT2D eigenvalue weighted by atomic mass is 16.6. The third kappa shape index (κ3) is 4.76. The van der Waals surface area contributed by atoms with E-state index in [1.165, 1.54) is 36.4 Å². The van der Waals surface area contributed by atoms with Crippen molar-refractivity contribution < 1.29 is 19.2 Å². The molecule has 138 valence electrons. The van der Waals surface area contributed by atoms with Crippen LogP contribution in [0, 0.1) is 10.1 Å². The first-order valence-electron chi connectivity index (χ1n) is 8.37. The van der Waals surface area contributed by atoms with Crippen LogP contribution < -0.4 is 4.74 Å². The van der Waals surface area contributed by atoms with Crippen LogP contribution in [0.1, 0.15) is 21.5 Å². The minimum Gasteiger partial charge on any atom is -0.423 e. The lowest BCUT2D eigenvalue weighted by Gasteiger charge is -2.04. The van der Waals surface area contributed by atoms with Crippen molar-refractivity contribution in [2.75, 3.05) is 0 Å². The van der Waals surface area contributed by atoms with Crippen molar-refractivity contribution in [2.24, 2.45) is 0 Å². The van der Waals surface area contributed by atoms with Gasteiger partial charge >= 0.3 is 5.97 Å². The molecule has 3 aromatic rings. The molecule has 3 rings (SSSR count). The van der Waals surface area contributed by atoms with Gasteiger partial charge in [-0.05, 0) is 48.0 Å². The first kappa shape index (κ1) is 18.7. The van der Waals surface area contributed by atoms with Gasteiger partial charge in [0, 0.05) is 29.3 Å². The molecular weight excluding hydrogens is 358 g/mol. The highest BCUT2D eigenvalue weighted by molar-refractivity contribution is 6.09. The molecule has 0 aliphatic carbocycles. The van der Waals surface area contributed by atoms with Crippen molar-refractivity contribution in [3.63, 3.8) is 0 Å². The molecule has 3 aromatic carbocycles. The number of carbonyl (C=O) groups is 2. The lowest BCUT2D eigenvalue weighted by molar-refractivity contribution is -0.384. The third-order valence-electron chi connectivity index (χ3n) is 3.89. The van der Waals surface area contributed by atoms with E-state index >= 15 is 0 Å². The average Bonchev–Trinajstić information content (AvgIpc) is 2.73. The van der Waals surface area contributed by atoms with Crippen molar-refractivity contribution >= 4 is 23.5 Å². The van der Waals surface area contributed by atoms with Gasteiger partial charge < -0.3 is 4.74 Å². The van der Waals surface area contributed by atoms with Gasteiger partial charge in [-0.3, -0.25) is 14.9 Å². The van der Waals surface area contributed by atoms with E-state index in [0.29, 0.717) is 22.4 Å². The van der Waals surface area contributed by atoms with Crippen LogP contribution in [0.4, 0.5) is 5.69 Å². The van der Waals surface area contributed by atoms with Gasteiger partial charge in [0.2, 0.25) is 0 Å². The summed E-state index contributed by atoms with van der Waals surface area (Å²) < 4.78 is 5.19. The number of benzene rings is 3. The topological polar surface area (TPSA) is 86.5 Å². The van der Waals surface area contributed by atoms with Gasteiger partial charge in [0.1, 0.15) is 5.75 Å². The van der Waals surface area contributed by atoms with Crippen LogP contribution in [0.3, 0.4) is 0 Å². The van der Waals surface area contributed by atoms with Gasteiger partial charge in [0.25, 0.3) is 5.69 Å². The second kappa shape index (κ2) is 8.55. The molecule has 0 atom stereocenters. The summed E-state index contributed by atoms with van der Waals surface area (Å²) in [4.78, 5) is 34.4. The summed E-state index contributed by atoms with van der Waals surface area (Å²) in [6, 6.07) is 21.0. The lowest BCUT2D eigenvalue weighted by Crippen LogP contribution is -2.05. The summed E-state index contributed by atoms with van der Waals surface area (Å²) >= 11 is 0. The zero-order chi connectivity index (χ0) is 19.9. The zero-order valence-corrected chi connectivity index (χ0v) is 14.6. The third-order valence-corrected chi connectivity index (χ3v) is 3.89. The quantitative estimate of drug-likeness (QED) is 0.159. The molecule has 6 nitrogen and oxygen atoms in total. The maximum absolute atomic E-state index is 12.3. The van der Waals surface area contributed by atoms with Crippen molar-refractivity contribution in [3.8, 4) is 5.75 Å². The number of ketones is 1. The van der Waals surface area contributed by atoms with Crippen molar-refractivity contribution in [2.45, 2.75) is 0 Å². The number of ether oxygens (including phenoxy) is 1. The Labute approximate surface area is 160 Å². The van der Waals surface area contributed by atoms with Crippen LogP contribution in [0.15, 0.2) is 84.9 Å². The first-order valence-corrected chi connectivity index (χ1v) is 8.37. The zero-order valence-electron chi connectivity index (χ0n) is 14.6. The predicted molar refractivity (Wildman–Crippen MR) is 104 cm³/mol. The minimum absolute atomic E-state index is 0.0233. The van der Waals surface area contributed by atoms with E-state index in [1.807, 2.05) is 6.07 Å². The van der Waals surface area contributed by atoms with Crippen molar-refractivity contribution in [3.05, 3.63) is 112 Å². The maximum Gasteiger partial charge on any atom is 0.336 e. The smallest absolute Gasteiger partial charge is 0.336 e. The fourth-order valence-corrected chi connectivity index (χ4v) is 2.45. The molecule has 0 bridgehead atoms. The highest BCUT2D eigenvalue weighted by Gasteiger charge is 2.09. The Kier molecular flexibility index (Phi) is 5.72. The van der Waals surface area contributed by atoms with Gasteiger partial charge in [-0.15, -0.1) is 0 Å². The Morgan fingerprint density at radius 3 is 2.04 bits per heavy atom. The molecule has 0 fully saturated rings. The van der Waals surface area contributed by atoms with E-state index in [0.717, 1.165) is 0 Å². The van der Waals surface area contributed by atoms with Crippen LogP contribution in [0.25, 0.3) is 6.08 Å². The summed E-state index contributed by atoms with van der Waals surface area (Å²) in [5.74, 6) is -0.403. The highest BCUT2D eigenvalue weighted by Crippen LogP contribution is 2.16. The number of non-ortho nitro benzene ring substituents is 1. The van der Waals surface area contributed by atoms with Gasteiger partial charge in [-0.1, -0.05) is 30.3 Å². The van der Waals surface area contributed by atoms with E-state index in [9.17, 15) is 19.7 Å². The number of rotatable bonds is 6. The number of hydrogen-bond acceptors (Lipinski definition) is 5. The van der Waals surface area contributed by atoms with E-state index < -0.39 is 10.9 Å². The summed E-state index contributed by atoms with van der Waals surface area (Å²) in [7, 11) is 0. The molecule has 0 aliphatic heterocycles. The van der Waals surface area contributed by atoms with E-state index in [-0.39, 0.29) is 11.5 Å². The van der Waals surface area contributed by atoms with Gasteiger partial charge in [0.05, 0.1) is 4.92 Å². The summed E-state index contributed by atoms with van der Waals surface area (Å²) in [6.07, 6.45) is 2.73. The van der Waals surface area contributed by atoms with Crippen LogP contribution in [-0.2, 0) is 4.79 Å². The molecule has 0 radical (unpaired) electrons. The fraction of sp³-hybridized carbons (Fsp3) is 0. The molecule has 0 saturated heterocycles. The molecular formula is C22H15NO5. The number of carbonyl (C=O) groups excluding carboxylic acids is 2. The van der Waals surface area contributed by atoms with Crippen LogP contribution >= 0.6 is 0 Å². The van der Waals surface area contributed by atoms with Crippen LogP contribution in [0.5, 0.6) is 5.75 Å². The van der Waals surface area contributed by atoms with Gasteiger partial charge in [-0.2, -0.15) is 0 Å². The Hall–Kier alpha value is -4.06. The van der Waals surface area contributed by atoms with Gasteiger partial charge in [0.15, 0.2) is 5.78 Å². The molecule has 0 amide bonds. The van der Waals surface area contributed by atoms with E-state index in [2.05, 4.69) is 0 Å². The fourth-order valence-electron chi connectivity index (χ4n) is 2.45. The Morgan fingerprint density at radius 2 is 1.43 bits per heavy atom. The Bertz CT molecular complexity index is 1020. The van der Waals surface area contributed by atoms with Crippen LogP contribution in [-0.4, -0.2) is 16.7 Å². The molecule has 0 aliphatic rings. The summed E-state index contributed by atoms with van der Waals surface area (Å²) in [5.41, 5.74) is 1.68. The van der Waals surface area contributed by atoms with Gasteiger partial charge in [-0.25, -0.2) is 4.79 Å². The van der Waals surface area contributed by atoms with Crippen LogP contribution in [0.2, 0.25) is 0 Å². The standard InChI is InChI=1S/C22H15NO5/c24-21(15-8-16-6-11-19(12-7-16)23(26)27)28-20-13-9-18(10-14-20)22(25)17-4-2-1-3-5-17/h1-15H/b15-8+. The molecule has 6 heteroatoms. The molecule has 0 spiro atoms. The maximum atomic E-state index is 12.3. The molecule has 0 aromatic heterocycles. The average molecular weight is 373 g/mol. The molecule has 28 heavy (non-hydrogen) atoms. The summed E-state index contributed by atoms with van der Waals surface area (Å²) in [6.45, 7) is 0. The van der Waals surface area contributed by atoms with Crippen molar-refractivity contribution in [1.82, 2.24) is 0 Å². The largest absolute Gasteiger partial charge is 0.423 e. The number of esters is 1. The monoisotopic (exact) mass is 373 g/mol. The Balaban J connectivity index is 1.61. The normalized spacial score (nSPS) is 10.6. The lowest BCUT2D eigenvalue weighted by atomic mass is 10.0. The summed E-state index contributed by atoms with van der Waals surface area (Å²) in [5, 5.41) is 10.6. The molecule has 0 heterocycles. The molecule has 0 saturated carbocycles. The van der Waals surface area contributed by atoms with E-state index in [1.54, 1.807) is 48.5 Å². The van der Waals surface area contributed by atoms with Crippen molar-refractivity contribution in [1.29, 1.82) is 0 Å². The minimum atomic E-state index is -0.597. The predicted octanol–water partition coefficient (Wildman–Crippen LogP) is 4.44. The number of hydrogen-bond donors (Lipinski definition) is 0. The second-order valence-electron chi connectivity index (χ2n) is 5.82. The number of nitro groups is 1. The SMILES string of the molecule is O=C(/C=C/c1ccc([N+](=O)[O-])cc1)Oc1ccc(C(=O)c2ccccc2)cc1. The Morgan fingerprint density at radius 1 is 0.821 bits per heavy atom.